The van der Waals surface area contributed by atoms with Crippen LogP contribution in [-0.4, -0.2) is 26.0 Å². The van der Waals surface area contributed by atoms with Crippen LogP contribution in [-0.2, 0) is 0 Å². The highest BCUT2D eigenvalue weighted by Gasteiger charge is 2.19. The lowest BCUT2D eigenvalue weighted by Gasteiger charge is -2.02. The SMILES string of the molecule is Cc1nc(/C=N\Nc2ccc([N+](=O)[O-])cc2[N+](=O)[O-])c2cc(C)oc2n1. The summed E-state index contributed by atoms with van der Waals surface area (Å²) >= 11 is 0. The molecule has 2 aromatic heterocycles. The van der Waals surface area contributed by atoms with Crippen molar-refractivity contribution in [1.29, 1.82) is 0 Å². The van der Waals surface area contributed by atoms with Crippen LogP contribution in [0.1, 0.15) is 17.3 Å². The summed E-state index contributed by atoms with van der Waals surface area (Å²) in [5, 5.41) is 26.5. The Morgan fingerprint density at radius 3 is 2.62 bits per heavy atom. The Morgan fingerprint density at radius 1 is 1.15 bits per heavy atom. The molecule has 0 aliphatic heterocycles. The Bertz CT molecular complexity index is 1060. The van der Waals surface area contributed by atoms with Gasteiger partial charge in [0.2, 0.25) is 5.71 Å². The average molecular weight is 356 g/mol. The lowest BCUT2D eigenvalue weighted by Crippen LogP contribution is -2.00. The van der Waals surface area contributed by atoms with Crippen LogP contribution in [0.4, 0.5) is 17.1 Å². The number of non-ortho nitro benzene ring substituents is 1. The maximum Gasteiger partial charge on any atom is 0.301 e. The molecule has 11 nitrogen and oxygen atoms in total. The zero-order chi connectivity index (χ0) is 18.8. The standard InChI is InChI=1S/C15H12N6O5/c1-8-5-11-13(17-9(2)18-15(11)26-8)7-16-19-12-4-3-10(20(22)23)6-14(12)21(24)25/h3-7,19H,1-2H3/b16-7-. The summed E-state index contributed by atoms with van der Waals surface area (Å²) in [6.45, 7) is 3.47. The van der Waals surface area contributed by atoms with Gasteiger partial charge in [0.05, 0.1) is 33.2 Å². The van der Waals surface area contributed by atoms with Gasteiger partial charge in [-0.3, -0.25) is 25.7 Å². The van der Waals surface area contributed by atoms with E-state index in [1.54, 1.807) is 19.9 Å². The zero-order valence-corrected chi connectivity index (χ0v) is 13.7. The number of hydrogen-bond acceptors (Lipinski definition) is 9. The Balaban J connectivity index is 1.92. The van der Waals surface area contributed by atoms with Crippen LogP contribution in [0.3, 0.4) is 0 Å². The predicted octanol–water partition coefficient (Wildman–Crippen LogP) is 3.10. The molecule has 11 heteroatoms. The molecule has 26 heavy (non-hydrogen) atoms. The molecule has 132 valence electrons. The van der Waals surface area contributed by atoms with Gasteiger partial charge in [-0.1, -0.05) is 0 Å². The van der Waals surface area contributed by atoms with Gasteiger partial charge in [0.25, 0.3) is 5.69 Å². The summed E-state index contributed by atoms with van der Waals surface area (Å²) in [5.41, 5.74) is 2.58. The van der Waals surface area contributed by atoms with E-state index in [1.807, 2.05) is 0 Å². The molecule has 3 rings (SSSR count). The zero-order valence-electron chi connectivity index (χ0n) is 13.7. The van der Waals surface area contributed by atoms with Gasteiger partial charge in [-0.15, -0.1) is 0 Å². The van der Waals surface area contributed by atoms with Crippen molar-refractivity contribution in [3.63, 3.8) is 0 Å². The maximum atomic E-state index is 11.1. The third kappa shape index (κ3) is 3.31. The molecule has 0 bridgehead atoms. The van der Waals surface area contributed by atoms with Crippen LogP contribution < -0.4 is 5.43 Å². The van der Waals surface area contributed by atoms with Gasteiger partial charge in [-0.05, 0) is 26.0 Å². The summed E-state index contributed by atoms with van der Waals surface area (Å²) in [7, 11) is 0. The second-order valence-corrected chi connectivity index (χ2v) is 5.32. The number of fused-ring (bicyclic) bond motifs is 1. The fraction of sp³-hybridized carbons (Fsp3) is 0.133. The van der Waals surface area contributed by atoms with Crippen molar-refractivity contribution >= 4 is 34.4 Å². The third-order valence-corrected chi connectivity index (χ3v) is 3.42. The van der Waals surface area contributed by atoms with Crippen LogP contribution in [0, 0.1) is 34.1 Å². The number of nitrogens with one attached hydrogen (secondary N) is 1. The smallest absolute Gasteiger partial charge is 0.301 e. The van der Waals surface area contributed by atoms with Crippen LogP contribution in [0.25, 0.3) is 11.1 Å². The van der Waals surface area contributed by atoms with E-state index in [-0.39, 0.29) is 11.4 Å². The number of hydrogen-bond donors (Lipinski definition) is 1. The van der Waals surface area contributed by atoms with Gasteiger partial charge in [-0.25, -0.2) is 4.98 Å². The van der Waals surface area contributed by atoms with Crippen LogP contribution in [0.5, 0.6) is 0 Å². The topological polar surface area (TPSA) is 150 Å². The first-order valence-electron chi connectivity index (χ1n) is 7.32. The highest BCUT2D eigenvalue weighted by Crippen LogP contribution is 2.29. The number of rotatable bonds is 5. The van der Waals surface area contributed by atoms with Crippen molar-refractivity contribution in [3.8, 4) is 0 Å². The van der Waals surface area contributed by atoms with E-state index in [2.05, 4.69) is 20.5 Å². The Labute approximate surface area is 145 Å². The minimum Gasteiger partial charge on any atom is -0.443 e. The fourth-order valence-corrected chi connectivity index (χ4v) is 2.32. The van der Waals surface area contributed by atoms with E-state index < -0.39 is 15.5 Å². The van der Waals surface area contributed by atoms with E-state index in [0.717, 1.165) is 12.1 Å². The van der Waals surface area contributed by atoms with E-state index in [1.165, 1.54) is 12.3 Å². The Morgan fingerprint density at radius 2 is 1.92 bits per heavy atom. The molecule has 0 aliphatic carbocycles. The lowest BCUT2D eigenvalue weighted by atomic mass is 10.2. The summed E-state index contributed by atoms with van der Waals surface area (Å²) in [4.78, 5) is 28.9. The minimum absolute atomic E-state index is 0.0160. The van der Waals surface area contributed by atoms with E-state index >= 15 is 0 Å². The molecule has 0 radical (unpaired) electrons. The minimum atomic E-state index is -0.725. The molecule has 1 N–H and O–H groups in total. The Kier molecular flexibility index (Phi) is 4.27. The molecule has 0 spiro atoms. The quantitative estimate of drug-likeness (QED) is 0.416. The highest BCUT2D eigenvalue weighted by molar-refractivity contribution is 5.95. The molecule has 0 atom stereocenters. The maximum absolute atomic E-state index is 11.1. The van der Waals surface area contributed by atoms with Gasteiger partial charge >= 0.3 is 5.69 Å². The molecule has 0 amide bonds. The van der Waals surface area contributed by atoms with Crippen LogP contribution in [0.15, 0.2) is 33.8 Å². The number of anilines is 1. The number of aryl methyl sites for hydroxylation is 2. The van der Waals surface area contributed by atoms with Crippen molar-refractivity contribution in [2.24, 2.45) is 5.10 Å². The van der Waals surface area contributed by atoms with Crippen molar-refractivity contribution in [2.45, 2.75) is 13.8 Å². The summed E-state index contributed by atoms with van der Waals surface area (Å²) < 4.78 is 5.45. The molecular formula is C15H12N6O5. The largest absolute Gasteiger partial charge is 0.443 e. The summed E-state index contributed by atoms with van der Waals surface area (Å²) in [6.07, 6.45) is 1.37. The lowest BCUT2D eigenvalue weighted by molar-refractivity contribution is -0.393. The molecule has 0 saturated carbocycles. The van der Waals surface area contributed by atoms with E-state index in [4.69, 9.17) is 4.42 Å². The van der Waals surface area contributed by atoms with Gasteiger partial charge < -0.3 is 4.42 Å². The summed E-state index contributed by atoms with van der Waals surface area (Å²) in [5.74, 6) is 1.14. The number of nitrogens with zero attached hydrogens (tertiary/aromatic N) is 5. The second-order valence-electron chi connectivity index (χ2n) is 5.32. The molecule has 3 aromatic rings. The fourth-order valence-electron chi connectivity index (χ4n) is 2.32. The second kappa shape index (κ2) is 6.55. The van der Waals surface area contributed by atoms with Gasteiger partial charge in [0, 0.05) is 6.07 Å². The first-order chi connectivity index (χ1) is 12.3. The number of benzene rings is 1. The highest BCUT2D eigenvalue weighted by atomic mass is 16.6. The molecule has 0 aliphatic rings. The number of furan rings is 1. The van der Waals surface area contributed by atoms with E-state index in [0.29, 0.717) is 28.4 Å². The average Bonchev–Trinajstić information content (AvgIpc) is 2.94. The third-order valence-electron chi connectivity index (χ3n) is 3.42. The molecule has 0 fully saturated rings. The van der Waals surface area contributed by atoms with Crippen molar-refractivity contribution in [3.05, 3.63) is 61.8 Å². The molecule has 0 unspecified atom stereocenters. The van der Waals surface area contributed by atoms with E-state index in [9.17, 15) is 20.2 Å². The molecule has 0 saturated heterocycles. The number of nitro groups is 2. The van der Waals surface area contributed by atoms with Gasteiger partial charge in [0.1, 0.15) is 17.3 Å². The van der Waals surface area contributed by atoms with Crippen molar-refractivity contribution in [2.75, 3.05) is 5.43 Å². The number of hydrazone groups is 1. The summed E-state index contributed by atoms with van der Waals surface area (Å²) in [6, 6.07) is 4.99. The van der Waals surface area contributed by atoms with Gasteiger partial charge in [-0.2, -0.15) is 10.1 Å². The number of nitro benzene ring substituents is 2. The normalized spacial score (nSPS) is 11.2. The first kappa shape index (κ1) is 17.0. The molecule has 2 heterocycles. The van der Waals surface area contributed by atoms with Crippen LogP contribution in [0.2, 0.25) is 0 Å². The number of aromatic nitrogens is 2. The van der Waals surface area contributed by atoms with Crippen LogP contribution >= 0.6 is 0 Å². The first-order valence-corrected chi connectivity index (χ1v) is 7.32. The van der Waals surface area contributed by atoms with Crippen molar-refractivity contribution < 1.29 is 14.3 Å². The molecular weight excluding hydrogens is 344 g/mol. The molecule has 1 aromatic carbocycles. The predicted molar refractivity (Wildman–Crippen MR) is 92.2 cm³/mol. The monoisotopic (exact) mass is 356 g/mol. The van der Waals surface area contributed by atoms with Crippen molar-refractivity contribution in [1.82, 2.24) is 9.97 Å². The Hall–Kier alpha value is -3.89. The van der Waals surface area contributed by atoms with Gasteiger partial charge in [0.15, 0.2) is 0 Å².